The van der Waals surface area contributed by atoms with E-state index in [9.17, 15) is 0 Å². The van der Waals surface area contributed by atoms with E-state index in [0.717, 1.165) is 56.3 Å². The van der Waals surface area contributed by atoms with Gasteiger partial charge in [-0.1, -0.05) is 12.1 Å². The summed E-state index contributed by atoms with van der Waals surface area (Å²) in [6.07, 6.45) is 4.77. The molecule has 1 N–H and O–H groups in total. The molecule has 2 aromatic rings. The zero-order chi connectivity index (χ0) is 15.9. The van der Waals surface area contributed by atoms with Crippen LogP contribution in [-0.4, -0.2) is 36.8 Å². The van der Waals surface area contributed by atoms with E-state index in [1.165, 1.54) is 5.56 Å². The number of hydrogen-bond donors (Lipinski definition) is 1. The molecule has 1 unspecified atom stereocenters. The van der Waals surface area contributed by atoms with Crippen molar-refractivity contribution in [3.05, 3.63) is 47.9 Å². The largest absolute Gasteiger partial charge is 0.497 e. The highest BCUT2D eigenvalue weighted by Crippen LogP contribution is 2.24. The molecule has 2 heterocycles. The number of ether oxygens (including phenoxy) is 2. The van der Waals surface area contributed by atoms with Crippen LogP contribution in [0, 0.1) is 0 Å². The Morgan fingerprint density at radius 3 is 2.87 bits per heavy atom. The van der Waals surface area contributed by atoms with Crippen LogP contribution in [0.2, 0.25) is 0 Å². The molecule has 122 valence electrons. The maximum atomic E-state index is 5.43. The van der Waals surface area contributed by atoms with Crippen LogP contribution in [0.5, 0.6) is 5.75 Å². The number of rotatable bonds is 7. The summed E-state index contributed by atoms with van der Waals surface area (Å²) >= 11 is 0. The summed E-state index contributed by atoms with van der Waals surface area (Å²) < 4.78 is 10.6. The van der Waals surface area contributed by atoms with Crippen molar-refractivity contribution in [3.63, 3.8) is 0 Å². The molecule has 0 amide bonds. The second-order valence-electron chi connectivity index (χ2n) is 5.77. The van der Waals surface area contributed by atoms with Crippen molar-refractivity contribution in [2.45, 2.75) is 25.2 Å². The number of nitrogens with one attached hydrogen (secondary N) is 1. The number of anilines is 1. The molecule has 0 saturated carbocycles. The smallest absolute Gasteiger partial charge is 0.129 e. The molecule has 0 bridgehead atoms. The first-order valence-corrected chi connectivity index (χ1v) is 8.11. The van der Waals surface area contributed by atoms with E-state index in [0.29, 0.717) is 5.92 Å². The first-order chi connectivity index (χ1) is 11.3. The van der Waals surface area contributed by atoms with Crippen molar-refractivity contribution >= 4 is 5.82 Å². The van der Waals surface area contributed by atoms with E-state index in [2.05, 4.69) is 27.4 Å². The Bertz CT molecular complexity index is 610. The van der Waals surface area contributed by atoms with Gasteiger partial charge in [-0.15, -0.1) is 0 Å². The van der Waals surface area contributed by atoms with Crippen molar-refractivity contribution in [3.8, 4) is 5.75 Å². The number of nitrogens with zero attached hydrogens (tertiary/aromatic N) is 2. The van der Waals surface area contributed by atoms with E-state index < -0.39 is 0 Å². The van der Waals surface area contributed by atoms with Crippen molar-refractivity contribution < 1.29 is 9.47 Å². The normalized spacial score (nSPS) is 17.2. The predicted molar refractivity (Wildman–Crippen MR) is 90.0 cm³/mol. The molecule has 1 aliphatic rings. The van der Waals surface area contributed by atoms with E-state index >= 15 is 0 Å². The summed E-state index contributed by atoms with van der Waals surface area (Å²) in [6.45, 7) is 2.50. The number of methoxy groups -OCH3 is 1. The van der Waals surface area contributed by atoms with E-state index in [1.807, 2.05) is 18.2 Å². The van der Waals surface area contributed by atoms with Crippen molar-refractivity contribution in [2.75, 3.05) is 32.2 Å². The molecule has 1 atom stereocenters. The van der Waals surface area contributed by atoms with Crippen molar-refractivity contribution in [1.82, 2.24) is 9.97 Å². The van der Waals surface area contributed by atoms with Crippen LogP contribution in [0.3, 0.4) is 0 Å². The van der Waals surface area contributed by atoms with Gasteiger partial charge in [0, 0.05) is 25.1 Å². The third-order valence-corrected chi connectivity index (χ3v) is 4.14. The van der Waals surface area contributed by atoms with Crippen LogP contribution >= 0.6 is 0 Å². The van der Waals surface area contributed by atoms with Gasteiger partial charge in [0.05, 0.1) is 19.4 Å². The Kier molecular flexibility index (Phi) is 5.42. The van der Waals surface area contributed by atoms with Crippen LogP contribution in [0.15, 0.2) is 36.7 Å². The Balaban J connectivity index is 1.45. The van der Waals surface area contributed by atoms with Crippen LogP contribution in [0.1, 0.15) is 30.0 Å². The zero-order valence-electron chi connectivity index (χ0n) is 13.5. The summed E-state index contributed by atoms with van der Waals surface area (Å²) in [5.41, 5.74) is 2.40. The molecular weight excluding hydrogens is 290 g/mol. The van der Waals surface area contributed by atoms with Gasteiger partial charge in [0.15, 0.2) is 0 Å². The predicted octanol–water partition coefficient (Wildman–Crippen LogP) is 3.03. The molecule has 3 rings (SSSR count). The van der Waals surface area contributed by atoms with Crippen LogP contribution in [0.4, 0.5) is 5.82 Å². The third kappa shape index (κ3) is 4.42. The monoisotopic (exact) mass is 313 g/mol. The number of aromatic nitrogens is 2. The summed E-state index contributed by atoms with van der Waals surface area (Å²) in [5, 5.41) is 3.38. The summed E-state index contributed by atoms with van der Waals surface area (Å²) in [7, 11) is 1.69. The molecular formula is C18H23N3O2. The molecule has 23 heavy (non-hydrogen) atoms. The molecule has 1 aromatic heterocycles. The van der Waals surface area contributed by atoms with Gasteiger partial charge in [-0.2, -0.15) is 0 Å². The Hall–Kier alpha value is -2.14. The molecule has 0 spiro atoms. The van der Waals surface area contributed by atoms with Gasteiger partial charge in [-0.3, -0.25) is 0 Å². The molecule has 5 heteroatoms. The summed E-state index contributed by atoms with van der Waals surface area (Å²) in [5.74, 6) is 2.21. The van der Waals surface area contributed by atoms with Gasteiger partial charge < -0.3 is 14.8 Å². The second-order valence-corrected chi connectivity index (χ2v) is 5.77. The Labute approximate surface area is 137 Å². The van der Waals surface area contributed by atoms with E-state index in [1.54, 1.807) is 13.4 Å². The first-order valence-electron chi connectivity index (χ1n) is 8.11. The first kappa shape index (κ1) is 15.7. The third-order valence-electron chi connectivity index (χ3n) is 4.14. The molecule has 0 aliphatic carbocycles. The van der Waals surface area contributed by atoms with Crippen molar-refractivity contribution in [2.24, 2.45) is 0 Å². The number of benzene rings is 1. The SMILES string of the molecule is COc1ccc(CCCNc2cc(C3CCOC3)ncn2)cc1. The minimum absolute atomic E-state index is 0.415. The van der Waals surface area contributed by atoms with Crippen LogP contribution in [-0.2, 0) is 11.2 Å². The maximum Gasteiger partial charge on any atom is 0.129 e. The summed E-state index contributed by atoms with van der Waals surface area (Å²) in [6, 6.07) is 10.3. The summed E-state index contributed by atoms with van der Waals surface area (Å²) in [4.78, 5) is 8.67. The molecule has 1 aliphatic heterocycles. The highest BCUT2D eigenvalue weighted by molar-refractivity contribution is 5.36. The van der Waals surface area contributed by atoms with E-state index in [4.69, 9.17) is 9.47 Å². The molecule has 1 fully saturated rings. The van der Waals surface area contributed by atoms with Gasteiger partial charge in [0.1, 0.15) is 17.9 Å². The lowest BCUT2D eigenvalue weighted by Crippen LogP contribution is -2.07. The minimum atomic E-state index is 0.415. The number of hydrogen-bond acceptors (Lipinski definition) is 5. The Morgan fingerprint density at radius 1 is 1.26 bits per heavy atom. The van der Waals surface area contributed by atoms with Gasteiger partial charge >= 0.3 is 0 Å². The molecule has 1 saturated heterocycles. The fourth-order valence-corrected chi connectivity index (χ4v) is 2.76. The van der Waals surface area contributed by atoms with Crippen LogP contribution < -0.4 is 10.1 Å². The van der Waals surface area contributed by atoms with Crippen LogP contribution in [0.25, 0.3) is 0 Å². The average molecular weight is 313 g/mol. The molecule has 5 nitrogen and oxygen atoms in total. The number of aryl methyl sites for hydroxylation is 1. The lowest BCUT2D eigenvalue weighted by Gasteiger charge is -2.10. The highest BCUT2D eigenvalue weighted by atomic mass is 16.5. The van der Waals surface area contributed by atoms with Gasteiger partial charge in [0.25, 0.3) is 0 Å². The Morgan fingerprint density at radius 2 is 2.13 bits per heavy atom. The second kappa shape index (κ2) is 7.92. The maximum absolute atomic E-state index is 5.43. The lowest BCUT2D eigenvalue weighted by atomic mass is 10.1. The fraction of sp³-hybridized carbons (Fsp3) is 0.444. The standard InChI is InChI=1S/C18H23N3O2/c1-22-16-6-4-14(5-7-16)3-2-9-19-18-11-17(20-13-21-18)15-8-10-23-12-15/h4-7,11,13,15H,2-3,8-10,12H2,1H3,(H,19,20,21). The van der Waals surface area contributed by atoms with E-state index in [-0.39, 0.29) is 0 Å². The van der Waals surface area contributed by atoms with Gasteiger partial charge in [-0.05, 0) is 37.0 Å². The zero-order valence-corrected chi connectivity index (χ0v) is 13.5. The molecule has 1 aromatic carbocycles. The van der Waals surface area contributed by atoms with Crippen molar-refractivity contribution in [1.29, 1.82) is 0 Å². The van der Waals surface area contributed by atoms with Gasteiger partial charge in [0.2, 0.25) is 0 Å². The molecule has 0 radical (unpaired) electrons. The fourth-order valence-electron chi connectivity index (χ4n) is 2.76. The lowest BCUT2D eigenvalue weighted by molar-refractivity contribution is 0.193. The average Bonchev–Trinajstić information content (AvgIpc) is 3.14. The van der Waals surface area contributed by atoms with Gasteiger partial charge in [-0.25, -0.2) is 9.97 Å². The quantitative estimate of drug-likeness (QED) is 0.796. The minimum Gasteiger partial charge on any atom is -0.497 e. The highest BCUT2D eigenvalue weighted by Gasteiger charge is 2.19. The topological polar surface area (TPSA) is 56.3 Å².